The first-order valence-electron chi connectivity index (χ1n) is 11.5. The topological polar surface area (TPSA) is 68.9 Å². The minimum atomic E-state index is -0.505. The van der Waals surface area contributed by atoms with Gasteiger partial charge in [-0.25, -0.2) is 0 Å². The second-order valence-corrected chi connectivity index (χ2v) is 9.45. The number of hydrogen-bond donors (Lipinski definition) is 1. The molecule has 5 rings (SSSR count). The summed E-state index contributed by atoms with van der Waals surface area (Å²) in [5.74, 6) is 0.974. The highest BCUT2D eigenvalue weighted by Gasteiger charge is 2.42. The van der Waals surface area contributed by atoms with Gasteiger partial charge in [0, 0.05) is 60.7 Å². The lowest BCUT2D eigenvalue weighted by Gasteiger charge is -2.43. The van der Waals surface area contributed by atoms with Crippen molar-refractivity contribution in [2.24, 2.45) is 0 Å². The molecule has 1 saturated heterocycles. The van der Waals surface area contributed by atoms with E-state index in [4.69, 9.17) is 4.74 Å². The highest BCUT2D eigenvalue weighted by atomic mass is 16.5. The van der Waals surface area contributed by atoms with Crippen molar-refractivity contribution in [1.29, 1.82) is 0 Å². The van der Waals surface area contributed by atoms with E-state index in [-0.39, 0.29) is 11.8 Å². The molecule has 3 aromatic rings. The number of carbonyl (C=O) groups is 2. The molecule has 0 bridgehead atoms. The van der Waals surface area contributed by atoms with Crippen molar-refractivity contribution in [2.75, 3.05) is 40.3 Å². The number of amides is 2. The van der Waals surface area contributed by atoms with Gasteiger partial charge in [0.25, 0.3) is 5.91 Å². The Labute approximate surface area is 193 Å². The van der Waals surface area contributed by atoms with E-state index in [0.29, 0.717) is 51.1 Å². The van der Waals surface area contributed by atoms with E-state index in [1.54, 1.807) is 0 Å². The van der Waals surface area contributed by atoms with E-state index < -0.39 is 5.60 Å². The fraction of sp³-hybridized carbons (Fsp3) is 0.385. The zero-order valence-electron chi connectivity index (χ0n) is 19.2. The lowest BCUT2D eigenvalue weighted by atomic mass is 9.90. The van der Waals surface area contributed by atoms with E-state index in [1.807, 2.05) is 83.5 Å². The monoisotopic (exact) mass is 446 g/mol. The van der Waals surface area contributed by atoms with Crippen LogP contribution in [0.2, 0.25) is 0 Å². The molecule has 2 aliphatic heterocycles. The number of fused-ring (bicyclic) bond motifs is 2. The number of aromatic nitrogens is 1. The molecule has 0 aliphatic carbocycles. The summed E-state index contributed by atoms with van der Waals surface area (Å²) in [6.07, 6.45) is 3.28. The van der Waals surface area contributed by atoms with Crippen LogP contribution in [0.3, 0.4) is 0 Å². The van der Waals surface area contributed by atoms with Crippen LogP contribution in [-0.2, 0) is 11.3 Å². The van der Waals surface area contributed by atoms with E-state index in [2.05, 4.69) is 4.98 Å². The van der Waals surface area contributed by atoms with Crippen LogP contribution < -0.4 is 4.74 Å². The summed E-state index contributed by atoms with van der Waals surface area (Å²) in [7, 11) is 3.81. The summed E-state index contributed by atoms with van der Waals surface area (Å²) in [5.41, 5.74) is 2.20. The maximum absolute atomic E-state index is 13.6. The Bertz CT molecular complexity index is 1180. The fourth-order valence-electron chi connectivity index (χ4n) is 4.92. The molecule has 1 fully saturated rings. The number of rotatable bonds is 3. The Hall–Kier alpha value is -3.32. The molecule has 172 valence electrons. The Morgan fingerprint density at radius 3 is 2.64 bits per heavy atom. The van der Waals surface area contributed by atoms with Gasteiger partial charge in [-0.1, -0.05) is 18.2 Å². The Morgan fingerprint density at radius 1 is 1.06 bits per heavy atom. The van der Waals surface area contributed by atoms with Gasteiger partial charge in [0.2, 0.25) is 5.91 Å². The highest BCUT2D eigenvalue weighted by Crippen LogP contribution is 2.36. The molecule has 2 amide bonds. The maximum Gasteiger partial charge on any atom is 0.254 e. The summed E-state index contributed by atoms with van der Waals surface area (Å²) >= 11 is 0. The molecular formula is C26H30N4O3. The van der Waals surface area contributed by atoms with Crippen molar-refractivity contribution >= 4 is 22.7 Å². The predicted molar refractivity (Wildman–Crippen MR) is 127 cm³/mol. The van der Waals surface area contributed by atoms with Crippen molar-refractivity contribution in [3.63, 3.8) is 0 Å². The van der Waals surface area contributed by atoms with Gasteiger partial charge in [-0.2, -0.15) is 0 Å². The van der Waals surface area contributed by atoms with Crippen LogP contribution in [0, 0.1) is 0 Å². The SMILES string of the molecule is CN(C)CC(=O)N1CCC2(CC1)CN(C(=O)c1ccc3[nH]ccc3c1)Cc1ccccc1O2. The van der Waals surface area contributed by atoms with Gasteiger partial charge in [0.05, 0.1) is 13.1 Å². The van der Waals surface area contributed by atoms with Gasteiger partial charge in [0.1, 0.15) is 11.4 Å². The lowest BCUT2D eigenvalue weighted by Crippen LogP contribution is -2.55. The van der Waals surface area contributed by atoms with Crippen molar-refractivity contribution in [2.45, 2.75) is 25.0 Å². The smallest absolute Gasteiger partial charge is 0.254 e. The minimum absolute atomic E-state index is 0.00360. The average molecular weight is 447 g/mol. The molecule has 0 saturated carbocycles. The fourth-order valence-corrected chi connectivity index (χ4v) is 4.92. The third-order valence-corrected chi connectivity index (χ3v) is 6.71. The third-order valence-electron chi connectivity index (χ3n) is 6.71. The molecule has 3 heterocycles. The third kappa shape index (κ3) is 4.33. The molecular weight excluding hydrogens is 416 g/mol. The molecule has 1 spiro atoms. The molecule has 7 nitrogen and oxygen atoms in total. The van der Waals surface area contributed by atoms with Crippen LogP contribution in [0.15, 0.2) is 54.7 Å². The standard InChI is InChI=1S/C26H30N4O3/c1-28(2)17-24(31)29-13-10-26(11-14-29)18-30(16-21-5-3-4-6-23(21)33-26)25(32)20-7-8-22-19(15-20)9-12-27-22/h3-9,12,15,27H,10-11,13-14,16-18H2,1-2H3. The van der Waals surface area contributed by atoms with Gasteiger partial charge in [-0.15, -0.1) is 0 Å². The molecule has 1 N–H and O–H groups in total. The zero-order valence-corrected chi connectivity index (χ0v) is 19.2. The molecule has 0 unspecified atom stereocenters. The van der Waals surface area contributed by atoms with Gasteiger partial charge in [-0.3, -0.25) is 9.59 Å². The minimum Gasteiger partial charge on any atom is -0.485 e. The van der Waals surface area contributed by atoms with Gasteiger partial charge >= 0.3 is 0 Å². The molecule has 0 atom stereocenters. The number of likely N-dealkylation sites (N-methyl/N-ethyl adjacent to an activating group) is 1. The van der Waals surface area contributed by atoms with Crippen molar-refractivity contribution in [1.82, 2.24) is 19.7 Å². The van der Waals surface area contributed by atoms with Crippen LogP contribution in [0.1, 0.15) is 28.8 Å². The lowest BCUT2D eigenvalue weighted by molar-refractivity contribution is -0.135. The molecule has 2 aromatic carbocycles. The predicted octanol–water partition coefficient (Wildman–Crippen LogP) is 3.13. The number of nitrogens with zero attached hydrogens (tertiary/aromatic N) is 3. The number of hydrogen-bond acceptors (Lipinski definition) is 4. The zero-order chi connectivity index (χ0) is 23.0. The number of H-pyrrole nitrogens is 1. The number of ether oxygens (including phenoxy) is 1. The normalized spacial score (nSPS) is 17.7. The second-order valence-electron chi connectivity index (χ2n) is 9.45. The Kier molecular flexibility index (Phi) is 5.58. The molecule has 7 heteroatoms. The highest BCUT2D eigenvalue weighted by molar-refractivity contribution is 5.98. The maximum atomic E-state index is 13.6. The van der Waals surface area contributed by atoms with Crippen LogP contribution >= 0.6 is 0 Å². The van der Waals surface area contributed by atoms with Crippen molar-refractivity contribution < 1.29 is 14.3 Å². The number of piperidine rings is 1. The summed E-state index contributed by atoms with van der Waals surface area (Å²) < 4.78 is 6.62. The van der Waals surface area contributed by atoms with E-state index >= 15 is 0 Å². The first-order valence-corrected chi connectivity index (χ1v) is 11.5. The number of para-hydroxylation sites is 1. The Morgan fingerprint density at radius 2 is 1.85 bits per heavy atom. The summed E-state index contributed by atoms with van der Waals surface area (Å²) in [6.45, 7) is 2.67. The molecule has 33 heavy (non-hydrogen) atoms. The van der Waals surface area contributed by atoms with E-state index in [1.165, 1.54) is 0 Å². The number of nitrogens with one attached hydrogen (secondary N) is 1. The van der Waals surface area contributed by atoms with Crippen LogP contribution in [0.4, 0.5) is 0 Å². The van der Waals surface area contributed by atoms with E-state index in [0.717, 1.165) is 22.2 Å². The average Bonchev–Trinajstić information content (AvgIpc) is 3.21. The van der Waals surface area contributed by atoms with Crippen LogP contribution in [0.25, 0.3) is 10.9 Å². The molecule has 1 aromatic heterocycles. The number of likely N-dealkylation sites (tertiary alicyclic amines) is 1. The van der Waals surface area contributed by atoms with Gasteiger partial charge < -0.3 is 24.4 Å². The van der Waals surface area contributed by atoms with Gasteiger partial charge in [0.15, 0.2) is 0 Å². The number of aromatic amines is 1. The summed E-state index contributed by atoms with van der Waals surface area (Å²) in [4.78, 5) is 35.1. The van der Waals surface area contributed by atoms with Crippen LogP contribution in [-0.4, -0.2) is 77.4 Å². The van der Waals surface area contributed by atoms with Crippen LogP contribution in [0.5, 0.6) is 5.75 Å². The quantitative estimate of drug-likeness (QED) is 0.671. The summed E-state index contributed by atoms with van der Waals surface area (Å²) in [5, 5.41) is 1.02. The summed E-state index contributed by atoms with van der Waals surface area (Å²) in [6, 6.07) is 15.7. The largest absolute Gasteiger partial charge is 0.485 e. The van der Waals surface area contributed by atoms with E-state index in [9.17, 15) is 9.59 Å². The first kappa shape index (κ1) is 21.5. The molecule has 2 aliphatic rings. The Balaban J connectivity index is 1.41. The second kappa shape index (κ2) is 8.56. The number of benzene rings is 2. The van der Waals surface area contributed by atoms with Crippen molar-refractivity contribution in [3.8, 4) is 5.75 Å². The van der Waals surface area contributed by atoms with Gasteiger partial charge in [-0.05, 0) is 44.4 Å². The van der Waals surface area contributed by atoms with Crippen molar-refractivity contribution in [3.05, 3.63) is 65.9 Å². The number of carbonyl (C=O) groups excluding carboxylic acids is 2. The first-order chi connectivity index (χ1) is 15.9. The molecule has 0 radical (unpaired) electrons.